The number of hydrogen-bond donors (Lipinski definition) is 3. The third kappa shape index (κ3) is 3.09. The lowest BCUT2D eigenvalue weighted by Crippen LogP contribution is -2.43. The molecule has 24 heavy (non-hydrogen) atoms. The van der Waals surface area contributed by atoms with Crippen LogP contribution in [-0.4, -0.2) is 29.3 Å². The molecule has 3 rings (SSSR count). The first-order valence-electron chi connectivity index (χ1n) is 9.29. The third-order valence-electron chi connectivity index (χ3n) is 6.22. The van der Waals surface area contributed by atoms with Gasteiger partial charge in [0.15, 0.2) is 5.60 Å². The van der Waals surface area contributed by atoms with Crippen LogP contribution in [0.5, 0.6) is 0 Å². The average molecular weight is 331 g/mol. The van der Waals surface area contributed by atoms with Crippen LogP contribution in [0, 0.1) is 5.92 Å². The molecular formula is C20H29NO3. The smallest absolute Gasteiger partial charge is 0.340 e. The maximum absolute atomic E-state index is 12.1. The maximum atomic E-state index is 12.1. The molecule has 0 spiro atoms. The molecule has 2 aliphatic carbocycles. The number of carbonyl (C=O) groups is 1. The Morgan fingerprint density at radius 3 is 2.29 bits per heavy atom. The summed E-state index contributed by atoms with van der Waals surface area (Å²) in [6, 6.07) is 8.26. The maximum Gasteiger partial charge on any atom is 0.340 e. The van der Waals surface area contributed by atoms with Gasteiger partial charge in [0, 0.05) is 12.0 Å². The molecule has 0 radical (unpaired) electrons. The fourth-order valence-electron chi connectivity index (χ4n) is 4.75. The molecule has 2 fully saturated rings. The molecule has 0 bridgehead atoms. The van der Waals surface area contributed by atoms with Gasteiger partial charge >= 0.3 is 5.97 Å². The molecule has 1 aromatic rings. The van der Waals surface area contributed by atoms with Gasteiger partial charge in [-0.25, -0.2) is 4.79 Å². The van der Waals surface area contributed by atoms with E-state index in [1.54, 1.807) is 0 Å². The second-order valence-electron chi connectivity index (χ2n) is 7.48. The molecule has 2 aliphatic rings. The summed E-state index contributed by atoms with van der Waals surface area (Å²) < 4.78 is 0. The molecule has 1 aromatic carbocycles. The topological polar surface area (TPSA) is 69.6 Å². The highest BCUT2D eigenvalue weighted by Gasteiger charge is 2.48. The quantitative estimate of drug-likeness (QED) is 0.773. The predicted octanol–water partition coefficient (Wildman–Crippen LogP) is 3.39. The van der Waals surface area contributed by atoms with Gasteiger partial charge in [0.25, 0.3) is 0 Å². The van der Waals surface area contributed by atoms with Gasteiger partial charge in [-0.05, 0) is 62.6 Å². The van der Waals surface area contributed by atoms with Crippen LogP contribution in [0.1, 0.15) is 68.4 Å². The van der Waals surface area contributed by atoms with Gasteiger partial charge in [0.2, 0.25) is 0 Å². The highest BCUT2D eigenvalue weighted by Crippen LogP contribution is 2.45. The molecule has 0 heterocycles. The molecule has 0 unspecified atom stereocenters. The van der Waals surface area contributed by atoms with Crippen molar-refractivity contribution in [2.75, 3.05) is 7.05 Å². The van der Waals surface area contributed by atoms with Crippen LogP contribution in [-0.2, 0) is 10.4 Å². The van der Waals surface area contributed by atoms with Gasteiger partial charge in [-0.15, -0.1) is 0 Å². The van der Waals surface area contributed by atoms with Gasteiger partial charge in [-0.3, -0.25) is 0 Å². The van der Waals surface area contributed by atoms with E-state index in [1.807, 2.05) is 31.3 Å². The molecule has 0 saturated heterocycles. The van der Waals surface area contributed by atoms with Crippen molar-refractivity contribution in [3.8, 4) is 0 Å². The number of hydrogen-bond acceptors (Lipinski definition) is 3. The molecule has 2 saturated carbocycles. The van der Waals surface area contributed by atoms with Gasteiger partial charge in [0.05, 0.1) is 0 Å². The Bertz CT molecular complexity index is 574. The first kappa shape index (κ1) is 17.4. The van der Waals surface area contributed by atoms with Crippen LogP contribution in [0.3, 0.4) is 0 Å². The summed E-state index contributed by atoms with van der Waals surface area (Å²) in [4.78, 5) is 12.1. The van der Waals surface area contributed by atoms with Crippen molar-refractivity contribution in [3.05, 3.63) is 35.4 Å². The van der Waals surface area contributed by atoms with E-state index >= 15 is 0 Å². The Morgan fingerprint density at radius 1 is 1.08 bits per heavy atom. The van der Waals surface area contributed by atoms with Gasteiger partial charge < -0.3 is 15.5 Å². The van der Waals surface area contributed by atoms with E-state index in [2.05, 4.69) is 5.32 Å². The fourth-order valence-corrected chi connectivity index (χ4v) is 4.75. The minimum Gasteiger partial charge on any atom is -0.479 e. The number of aliphatic hydroxyl groups is 1. The lowest BCUT2D eigenvalue weighted by atomic mass is 9.73. The van der Waals surface area contributed by atoms with E-state index in [1.165, 1.54) is 0 Å². The van der Waals surface area contributed by atoms with E-state index in [9.17, 15) is 15.0 Å². The number of benzene rings is 1. The minimum atomic E-state index is -1.74. The standard InChI is InChI=1S/C20H29NO3/c1-21-16-12-10-14(11-13-16)17-8-4-5-9-18(17)20(24,19(22)23)15-6-2-3-7-15/h4-5,8-9,14-16,21,24H,2-3,6-7,10-13H2,1H3,(H,22,23)/t14?,16?,20-/m1/s1. The molecule has 1 atom stereocenters. The van der Waals surface area contributed by atoms with Gasteiger partial charge in [-0.2, -0.15) is 0 Å². The number of nitrogens with one attached hydrogen (secondary N) is 1. The van der Waals surface area contributed by atoms with Crippen molar-refractivity contribution in [1.29, 1.82) is 0 Å². The van der Waals surface area contributed by atoms with Crippen LogP contribution < -0.4 is 5.32 Å². The van der Waals surface area contributed by atoms with Crippen molar-refractivity contribution in [1.82, 2.24) is 5.32 Å². The molecule has 0 amide bonds. The van der Waals surface area contributed by atoms with Crippen molar-refractivity contribution >= 4 is 5.97 Å². The molecule has 0 aliphatic heterocycles. The molecular weight excluding hydrogens is 302 g/mol. The lowest BCUT2D eigenvalue weighted by Gasteiger charge is -2.35. The molecule has 3 N–H and O–H groups in total. The second kappa shape index (κ2) is 7.24. The largest absolute Gasteiger partial charge is 0.479 e. The van der Waals surface area contributed by atoms with E-state index in [0.717, 1.165) is 56.9 Å². The lowest BCUT2D eigenvalue weighted by molar-refractivity contribution is -0.166. The number of carboxylic acid groups (broad SMARTS) is 1. The normalized spacial score (nSPS) is 27.8. The average Bonchev–Trinajstić information content (AvgIpc) is 3.16. The summed E-state index contributed by atoms with van der Waals surface area (Å²) in [5.74, 6) is -0.923. The Labute approximate surface area is 144 Å². The number of carboxylic acids is 1. The summed E-state index contributed by atoms with van der Waals surface area (Å²) >= 11 is 0. The highest BCUT2D eigenvalue weighted by atomic mass is 16.4. The fraction of sp³-hybridized carbons (Fsp3) is 0.650. The first-order chi connectivity index (χ1) is 11.6. The summed E-state index contributed by atoms with van der Waals surface area (Å²) in [6.07, 6.45) is 7.90. The van der Waals surface area contributed by atoms with Crippen LogP contribution in [0.4, 0.5) is 0 Å². The molecule has 0 aromatic heterocycles. The Balaban J connectivity index is 1.94. The van der Waals surface area contributed by atoms with E-state index in [0.29, 0.717) is 17.5 Å². The molecule has 4 nitrogen and oxygen atoms in total. The van der Waals surface area contributed by atoms with Crippen LogP contribution in [0.15, 0.2) is 24.3 Å². The van der Waals surface area contributed by atoms with Crippen LogP contribution in [0.2, 0.25) is 0 Å². The van der Waals surface area contributed by atoms with Gasteiger partial charge in [-0.1, -0.05) is 37.1 Å². The molecule has 4 heteroatoms. The van der Waals surface area contributed by atoms with Gasteiger partial charge in [0.1, 0.15) is 0 Å². The predicted molar refractivity (Wildman–Crippen MR) is 94.0 cm³/mol. The zero-order valence-corrected chi connectivity index (χ0v) is 14.5. The number of rotatable bonds is 5. The van der Waals surface area contributed by atoms with E-state index < -0.39 is 11.6 Å². The van der Waals surface area contributed by atoms with Crippen LogP contribution >= 0.6 is 0 Å². The highest BCUT2D eigenvalue weighted by molar-refractivity contribution is 5.80. The van der Waals surface area contributed by atoms with Crippen molar-refractivity contribution < 1.29 is 15.0 Å². The Morgan fingerprint density at radius 2 is 1.71 bits per heavy atom. The van der Waals surface area contributed by atoms with Crippen molar-refractivity contribution in [2.45, 2.75) is 68.9 Å². The summed E-state index contributed by atoms with van der Waals surface area (Å²) in [7, 11) is 2.00. The molecule has 132 valence electrons. The Kier molecular flexibility index (Phi) is 5.26. The summed E-state index contributed by atoms with van der Waals surface area (Å²) in [5.41, 5.74) is -0.0615. The van der Waals surface area contributed by atoms with E-state index in [4.69, 9.17) is 0 Å². The van der Waals surface area contributed by atoms with E-state index in [-0.39, 0.29) is 5.92 Å². The third-order valence-corrected chi connectivity index (χ3v) is 6.22. The first-order valence-corrected chi connectivity index (χ1v) is 9.29. The van der Waals surface area contributed by atoms with Crippen molar-refractivity contribution in [3.63, 3.8) is 0 Å². The Hall–Kier alpha value is -1.39. The summed E-state index contributed by atoms with van der Waals surface area (Å²) in [6.45, 7) is 0. The minimum absolute atomic E-state index is 0.176. The monoisotopic (exact) mass is 331 g/mol. The zero-order chi connectivity index (χ0) is 17.2. The van der Waals surface area contributed by atoms with Crippen LogP contribution in [0.25, 0.3) is 0 Å². The van der Waals surface area contributed by atoms with Crippen molar-refractivity contribution in [2.24, 2.45) is 5.92 Å². The second-order valence-corrected chi connectivity index (χ2v) is 7.48. The summed E-state index contributed by atoms with van der Waals surface area (Å²) in [5, 5.41) is 24.5. The number of aliphatic carboxylic acids is 1. The SMILES string of the molecule is CNC1CCC(c2ccccc2[C@@](O)(C(=O)O)C2CCCC2)CC1. The zero-order valence-electron chi connectivity index (χ0n) is 14.5.